The topological polar surface area (TPSA) is 71.5 Å². The van der Waals surface area contributed by atoms with Gasteiger partial charge < -0.3 is 14.2 Å². The predicted octanol–water partition coefficient (Wildman–Crippen LogP) is 5.11. The van der Waals surface area contributed by atoms with Crippen LogP contribution in [-0.4, -0.2) is 22.8 Å². The van der Waals surface area contributed by atoms with Gasteiger partial charge in [0.25, 0.3) is 5.91 Å². The first kappa shape index (κ1) is 21.6. The summed E-state index contributed by atoms with van der Waals surface area (Å²) in [4.78, 5) is 18.8. The van der Waals surface area contributed by atoms with Crippen LogP contribution in [0.4, 0.5) is 0 Å². The highest BCUT2D eigenvalue weighted by atomic mass is 16.3. The van der Waals surface area contributed by atoms with E-state index in [-0.39, 0.29) is 5.91 Å². The second kappa shape index (κ2) is 9.66. The second-order valence-corrected chi connectivity index (χ2v) is 7.96. The molecule has 0 aliphatic rings. The summed E-state index contributed by atoms with van der Waals surface area (Å²) >= 11 is 0. The molecule has 0 aliphatic heterocycles. The molecule has 6 nitrogen and oxygen atoms in total. The molecule has 0 atom stereocenters. The molecule has 4 rings (SSSR count). The Morgan fingerprint density at radius 2 is 1.81 bits per heavy atom. The van der Waals surface area contributed by atoms with Crippen molar-refractivity contribution in [3.8, 4) is 11.5 Å². The van der Waals surface area contributed by atoms with Crippen LogP contribution >= 0.6 is 0 Å². The minimum atomic E-state index is -0.0921. The maximum absolute atomic E-state index is 11.8. The fourth-order valence-corrected chi connectivity index (χ4v) is 3.74. The molecule has 0 spiro atoms. The van der Waals surface area contributed by atoms with Crippen LogP contribution in [0.5, 0.6) is 0 Å². The number of benzene rings is 2. The van der Waals surface area contributed by atoms with Gasteiger partial charge in [-0.2, -0.15) is 0 Å². The number of rotatable bonds is 8. The number of aryl methyl sites for hydroxylation is 2. The Balaban J connectivity index is 1.52. The molecule has 0 saturated heterocycles. The van der Waals surface area contributed by atoms with E-state index in [0.717, 1.165) is 28.1 Å². The minimum Gasteiger partial charge on any atom is -0.468 e. The van der Waals surface area contributed by atoms with E-state index < -0.39 is 0 Å². The van der Waals surface area contributed by atoms with Gasteiger partial charge >= 0.3 is 0 Å². The maximum atomic E-state index is 11.8. The first-order chi connectivity index (χ1) is 15.5. The van der Waals surface area contributed by atoms with Gasteiger partial charge in [0, 0.05) is 31.3 Å². The number of carbonyl (C=O) groups excluding carboxylic acids is 1. The number of oxazole rings is 1. The van der Waals surface area contributed by atoms with E-state index in [0.29, 0.717) is 31.1 Å². The molecule has 0 fully saturated rings. The van der Waals surface area contributed by atoms with Crippen molar-refractivity contribution in [1.29, 1.82) is 0 Å². The molecule has 6 heteroatoms. The fourth-order valence-electron chi connectivity index (χ4n) is 3.74. The lowest BCUT2D eigenvalue weighted by Gasteiger charge is -2.20. The standard InChI is InChI=1S/C26H27N3O3/c1-18-6-11-24(19(2)13-18)26-28-22(17-32-26)15-29(16-23-5-4-12-31-23)14-20-7-9-21(10-8-20)25(30)27-3/h4-13,17H,14-16H2,1-3H3,(H,27,30). The van der Waals surface area contributed by atoms with Gasteiger partial charge in [-0.15, -0.1) is 0 Å². The third kappa shape index (κ3) is 5.15. The van der Waals surface area contributed by atoms with Crippen LogP contribution in [0.15, 0.2) is 76.0 Å². The molecule has 2 aromatic heterocycles. The second-order valence-electron chi connectivity index (χ2n) is 7.96. The van der Waals surface area contributed by atoms with Crippen LogP contribution < -0.4 is 5.32 Å². The maximum Gasteiger partial charge on any atom is 0.251 e. The van der Waals surface area contributed by atoms with Crippen molar-refractivity contribution < 1.29 is 13.6 Å². The zero-order valence-corrected chi connectivity index (χ0v) is 18.6. The predicted molar refractivity (Wildman–Crippen MR) is 123 cm³/mol. The van der Waals surface area contributed by atoms with Crippen molar-refractivity contribution in [2.45, 2.75) is 33.5 Å². The Bertz CT molecular complexity index is 1180. The highest BCUT2D eigenvalue weighted by Crippen LogP contribution is 2.24. The van der Waals surface area contributed by atoms with E-state index in [1.54, 1.807) is 19.6 Å². The third-order valence-corrected chi connectivity index (χ3v) is 5.36. The van der Waals surface area contributed by atoms with Gasteiger partial charge in [-0.3, -0.25) is 9.69 Å². The Morgan fingerprint density at radius 3 is 2.50 bits per heavy atom. The van der Waals surface area contributed by atoms with Crippen LogP contribution in [0.1, 0.15) is 38.5 Å². The zero-order valence-electron chi connectivity index (χ0n) is 18.6. The molecule has 0 radical (unpaired) electrons. The molecule has 2 heterocycles. The summed E-state index contributed by atoms with van der Waals surface area (Å²) in [5.74, 6) is 1.42. The summed E-state index contributed by atoms with van der Waals surface area (Å²) in [5.41, 5.74) is 5.95. The van der Waals surface area contributed by atoms with E-state index in [1.807, 2.05) is 36.4 Å². The molecule has 2 aromatic carbocycles. The number of amides is 1. The molecule has 1 amide bonds. The van der Waals surface area contributed by atoms with E-state index in [9.17, 15) is 4.79 Å². The van der Waals surface area contributed by atoms with Gasteiger partial charge in [0.15, 0.2) is 0 Å². The lowest BCUT2D eigenvalue weighted by molar-refractivity contribution is 0.0963. The number of hydrogen-bond donors (Lipinski definition) is 1. The first-order valence-electron chi connectivity index (χ1n) is 10.6. The Kier molecular flexibility index (Phi) is 6.52. The van der Waals surface area contributed by atoms with Crippen molar-refractivity contribution in [2.24, 2.45) is 0 Å². The average Bonchev–Trinajstić information content (AvgIpc) is 3.46. The molecule has 0 unspecified atom stereocenters. The van der Waals surface area contributed by atoms with Crippen molar-refractivity contribution in [3.63, 3.8) is 0 Å². The molecule has 0 aliphatic carbocycles. The molecular weight excluding hydrogens is 402 g/mol. The summed E-state index contributed by atoms with van der Waals surface area (Å²) in [6, 6.07) is 17.7. The highest BCUT2D eigenvalue weighted by molar-refractivity contribution is 5.93. The van der Waals surface area contributed by atoms with E-state index in [1.165, 1.54) is 5.56 Å². The average molecular weight is 430 g/mol. The molecule has 0 bridgehead atoms. The van der Waals surface area contributed by atoms with Crippen LogP contribution in [0.3, 0.4) is 0 Å². The fraction of sp³-hybridized carbons (Fsp3) is 0.231. The number of nitrogens with one attached hydrogen (secondary N) is 1. The Labute approximate surface area is 187 Å². The third-order valence-electron chi connectivity index (χ3n) is 5.36. The number of carbonyl (C=O) groups is 1. The summed E-state index contributed by atoms with van der Waals surface area (Å²) in [7, 11) is 1.63. The van der Waals surface area contributed by atoms with Crippen LogP contribution in [-0.2, 0) is 19.6 Å². The minimum absolute atomic E-state index is 0.0921. The van der Waals surface area contributed by atoms with Crippen molar-refractivity contribution in [1.82, 2.24) is 15.2 Å². The van der Waals surface area contributed by atoms with E-state index >= 15 is 0 Å². The van der Waals surface area contributed by atoms with Gasteiger partial charge in [0.2, 0.25) is 5.89 Å². The Hall–Kier alpha value is -3.64. The number of furan rings is 1. The largest absolute Gasteiger partial charge is 0.468 e. The molecule has 1 N–H and O–H groups in total. The van der Waals surface area contributed by atoms with Crippen LogP contribution in [0.25, 0.3) is 11.5 Å². The van der Waals surface area contributed by atoms with E-state index in [4.69, 9.17) is 13.8 Å². The van der Waals surface area contributed by atoms with Gasteiger partial charge in [-0.1, -0.05) is 29.8 Å². The summed E-state index contributed by atoms with van der Waals surface area (Å²) in [6.07, 6.45) is 3.40. The quantitative estimate of drug-likeness (QED) is 0.421. The van der Waals surface area contributed by atoms with Gasteiger partial charge in [0.05, 0.1) is 18.5 Å². The van der Waals surface area contributed by atoms with Gasteiger partial charge in [0.1, 0.15) is 12.0 Å². The van der Waals surface area contributed by atoms with Crippen molar-refractivity contribution >= 4 is 5.91 Å². The number of aromatic nitrogens is 1. The monoisotopic (exact) mass is 429 g/mol. The number of hydrogen-bond acceptors (Lipinski definition) is 5. The van der Waals surface area contributed by atoms with Gasteiger partial charge in [-0.25, -0.2) is 4.98 Å². The highest BCUT2D eigenvalue weighted by Gasteiger charge is 2.15. The molecule has 0 saturated carbocycles. The lowest BCUT2D eigenvalue weighted by Crippen LogP contribution is -2.22. The Morgan fingerprint density at radius 1 is 1.00 bits per heavy atom. The van der Waals surface area contributed by atoms with Gasteiger partial charge in [-0.05, 0) is 55.3 Å². The lowest BCUT2D eigenvalue weighted by atomic mass is 10.1. The van der Waals surface area contributed by atoms with E-state index in [2.05, 4.69) is 42.3 Å². The molecular formula is C26H27N3O3. The number of nitrogens with zero attached hydrogens (tertiary/aromatic N) is 2. The van der Waals surface area contributed by atoms with Crippen LogP contribution in [0, 0.1) is 13.8 Å². The summed E-state index contributed by atoms with van der Waals surface area (Å²) in [6.45, 7) is 6.06. The molecule has 164 valence electrons. The summed E-state index contributed by atoms with van der Waals surface area (Å²) < 4.78 is 11.4. The normalized spacial score (nSPS) is 11.1. The smallest absolute Gasteiger partial charge is 0.251 e. The zero-order chi connectivity index (χ0) is 22.5. The van der Waals surface area contributed by atoms with Crippen molar-refractivity contribution in [2.75, 3.05) is 7.05 Å². The SMILES string of the molecule is CNC(=O)c1ccc(CN(Cc2coc(-c3ccc(C)cc3C)n2)Cc2ccco2)cc1. The van der Waals surface area contributed by atoms with Crippen molar-refractivity contribution in [3.05, 3.63) is 101 Å². The first-order valence-corrected chi connectivity index (χ1v) is 10.6. The molecule has 4 aromatic rings. The molecule has 32 heavy (non-hydrogen) atoms. The summed E-state index contributed by atoms with van der Waals surface area (Å²) in [5, 5.41) is 2.65. The van der Waals surface area contributed by atoms with Crippen LogP contribution in [0.2, 0.25) is 0 Å².